The Labute approximate surface area is 195 Å². The Morgan fingerprint density at radius 3 is 2.44 bits per heavy atom. The molecule has 2 heterocycles. The molecule has 1 aromatic heterocycles. The molecular formula is C24H19N3O6S. The molecule has 34 heavy (non-hydrogen) atoms. The Balaban J connectivity index is 1.29. The Hall–Kier alpha value is -4.31. The van der Waals surface area contributed by atoms with Crippen LogP contribution in [0.1, 0.15) is 10.4 Å². The van der Waals surface area contributed by atoms with Crippen LogP contribution in [0.5, 0.6) is 11.5 Å². The largest absolute Gasteiger partial charge is 0.486 e. The molecule has 3 aromatic carbocycles. The Morgan fingerprint density at radius 2 is 1.68 bits per heavy atom. The van der Waals surface area contributed by atoms with Gasteiger partial charge in [0.15, 0.2) is 23.7 Å². The van der Waals surface area contributed by atoms with Crippen molar-refractivity contribution in [3.8, 4) is 22.8 Å². The van der Waals surface area contributed by atoms with Crippen LogP contribution < -0.4 is 19.5 Å². The lowest BCUT2D eigenvalue weighted by atomic mass is 10.1. The fourth-order valence-corrected chi connectivity index (χ4v) is 4.47. The van der Waals surface area contributed by atoms with Crippen molar-refractivity contribution in [2.75, 3.05) is 23.3 Å². The lowest BCUT2D eigenvalue weighted by molar-refractivity contribution is 0.102. The number of oxazole rings is 1. The van der Waals surface area contributed by atoms with Crippen LogP contribution in [0.3, 0.4) is 0 Å². The monoisotopic (exact) mass is 477 g/mol. The number of hydrogen-bond donors (Lipinski definition) is 2. The van der Waals surface area contributed by atoms with Crippen LogP contribution in [0.4, 0.5) is 11.4 Å². The number of ether oxygens (including phenoxy) is 2. The zero-order chi connectivity index (χ0) is 23.5. The molecule has 0 saturated heterocycles. The average Bonchev–Trinajstić information content (AvgIpc) is 3.39. The number of sulfonamides is 1. The highest BCUT2D eigenvalue weighted by Gasteiger charge is 2.20. The number of amides is 1. The van der Waals surface area contributed by atoms with Crippen molar-refractivity contribution in [2.45, 2.75) is 4.90 Å². The number of hydrogen-bond acceptors (Lipinski definition) is 7. The van der Waals surface area contributed by atoms with Gasteiger partial charge in [-0.2, -0.15) is 0 Å². The number of carbonyl (C=O) groups excluding carboxylic acids is 1. The Kier molecular flexibility index (Phi) is 5.64. The molecule has 0 fully saturated rings. The van der Waals surface area contributed by atoms with Crippen LogP contribution in [-0.2, 0) is 10.0 Å². The second-order valence-electron chi connectivity index (χ2n) is 7.39. The van der Waals surface area contributed by atoms with E-state index in [9.17, 15) is 13.2 Å². The van der Waals surface area contributed by atoms with Crippen molar-refractivity contribution in [3.05, 3.63) is 84.9 Å². The van der Waals surface area contributed by atoms with Crippen LogP contribution in [0, 0.1) is 0 Å². The van der Waals surface area contributed by atoms with Crippen molar-refractivity contribution >= 4 is 27.3 Å². The maximum atomic E-state index is 12.9. The van der Waals surface area contributed by atoms with Crippen LogP contribution >= 0.6 is 0 Å². The summed E-state index contributed by atoms with van der Waals surface area (Å²) in [6, 6.07) is 17.7. The molecule has 1 aliphatic heterocycles. The lowest BCUT2D eigenvalue weighted by Crippen LogP contribution is -2.17. The van der Waals surface area contributed by atoms with Gasteiger partial charge in [-0.1, -0.05) is 6.07 Å². The molecule has 0 aliphatic carbocycles. The summed E-state index contributed by atoms with van der Waals surface area (Å²) >= 11 is 0. The number of rotatable bonds is 6. The molecule has 1 amide bonds. The SMILES string of the molecule is O=C(Nc1ccc(-c2cnco2)cc1)c1cccc(NS(=O)(=O)c2ccc3c(c2)OCCO3)c1. The van der Waals surface area contributed by atoms with E-state index in [-0.39, 0.29) is 16.5 Å². The Morgan fingerprint density at radius 1 is 0.882 bits per heavy atom. The highest BCUT2D eigenvalue weighted by Crippen LogP contribution is 2.32. The van der Waals surface area contributed by atoms with E-state index in [2.05, 4.69) is 15.0 Å². The predicted octanol–water partition coefficient (Wildman–Crippen LogP) is 4.17. The highest BCUT2D eigenvalue weighted by atomic mass is 32.2. The standard InChI is InChI=1S/C24H19N3O6S/c28-24(26-18-6-4-16(5-7-18)23-14-25-15-33-23)17-2-1-3-19(12-17)27-34(29,30)20-8-9-21-22(13-20)32-11-10-31-21/h1-9,12-15,27H,10-11H2,(H,26,28). The third kappa shape index (κ3) is 4.57. The fraction of sp³-hybridized carbons (Fsp3) is 0.0833. The molecule has 0 bridgehead atoms. The van der Waals surface area contributed by atoms with Gasteiger partial charge < -0.3 is 19.2 Å². The zero-order valence-electron chi connectivity index (χ0n) is 17.7. The van der Waals surface area contributed by atoms with Crippen LogP contribution in [0.15, 0.2) is 88.6 Å². The van der Waals surface area contributed by atoms with Crippen LogP contribution in [-0.4, -0.2) is 32.5 Å². The summed E-state index contributed by atoms with van der Waals surface area (Å²) < 4.78 is 44.4. The minimum absolute atomic E-state index is 0.0263. The predicted molar refractivity (Wildman–Crippen MR) is 125 cm³/mol. The van der Waals surface area contributed by atoms with E-state index >= 15 is 0 Å². The van der Waals surface area contributed by atoms with E-state index in [4.69, 9.17) is 13.9 Å². The summed E-state index contributed by atoms with van der Waals surface area (Å²) in [5.74, 6) is 1.11. The first-order chi connectivity index (χ1) is 16.5. The first-order valence-corrected chi connectivity index (χ1v) is 11.8. The third-order valence-corrected chi connectivity index (χ3v) is 6.44. The van der Waals surface area contributed by atoms with E-state index < -0.39 is 10.0 Å². The van der Waals surface area contributed by atoms with Gasteiger partial charge in [0, 0.05) is 28.6 Å². The summed E-state index contributed by atoms with van der Waals surface area (Å²) in [6.07, 6.45) is 2.95. The van der Waals surface area contributed by atoms with Gasteiger partial charge in [-0.25, -0.2) is 13.4 Å². The van der Waals surface area contributed by atoms with Crippen molar-refractivity contribution in [2.24, 2.45) is 0 Å². The molecule has 10 heteroatoms. The van der Waals surface area contributed by atoms with E-state index in [0.29, 0.717) is 41.7 Å². The van der Waals surface area contributed by atoms with Gasteiger partial charge >= 0.3 is 0 Å². The summed E-state index contributed by atoms with van der Waals surface area (Å²) in [6.45, 7) is 0.766. The number of fused-ring (bicyclic) bond motifs is 1. The van der Waals surface area contributed by atoms with Gasteiger partial charge in [0.05, 0.1) is 11.1 Å². The van der Waals surface area contributed by atoms with Gasteiger partial charge in [0.1, 0.15) is 13.2 Å². The average molecular weight is 477 g/mol. The van der Waals surface area contributed by atoms with Gasteiger partial charge in [0.2, 0.25) is 0 Å². The number of aromatic nitrogens is 1. The number of nitrogens with one attached hydrogen (secondary N) is 2. The molecular weight excluding hydrogens is 458 g/mol. The molecule has 172 valence electrons. The van der Waals surface area contributed by atoms with Crippen molar-refractivity contribution in [1.29, 1.82) is 0 Å². The molecule has 4 aromatic rings. The number of carbonyl (C=O) groups is 1. The van der Waals surface area contributed by atoms with Crippen molar-refractivity contribution in [1.82, 2.24) is 4.98 Å². The highest BCUT2D eigenvalue weighted by molar-refractivity contribution is 7.92. The zero-order valence-corrected chi connectivity index (χ0v) is 18.5. The second-order valence-corrected chi connectivity index (χ2v) is 9.07. The van der Waals surface area contributed by atoms with E-state index in [0.717, 1.165) is 5.56 Å². The molecule has 0 unspecified atom stereocenters. The van der Waals surface area contributed by atoms with E-state index in [1.807, 2.05) is 0 Å². The number of benzene rings is 3. The van der Waals surface area contributed by atoms with Gasteiger partial charge in [0.25, 0.3) is 15.9 Å². The maximum absolute atomic E-state index is 12.9. The maximum Gasteiger partial charge on any atom is 0.262 e. The third-order valence-electron chi connectivity index (χ3n) is 5.06. The van der Waals surface area contributed by atoms with E-state index in [1.165, 1.54) is 24.6 Å². The lowest BCUT2D eigenvalue weighted by Gasteiger charge is -2.19. The van der Waals surface area contributed by atoms with Gasteiger partial charge in [-0.3, -0.25) is 9.52 Å². The fourth-order valence-electron chi connectivity index (χ4n) is 3.41. The van der Waals surface area contributed by atoms with Crippen molar-refractivity contribution in [3.63, 3.8) is 0 Å². The topological polar surface area (TPSA) is 120 Å². The molecule has 0 spiro atoms. The summed E-state index contributed by atoms with van der Waals surface area (Å²) in [5, 5.41) is 2.79. The summed E-state index contributed by atoms with van der Waals surface area (Å²) in [4.78, 5) is 16.6. The quantitative estimate of drug-likeness (QED) is 0.428. The smallest absolute Gasteiger partial charge is 0.262 e. The number of anilines is 2. The Bertz CT molecular complexity index is 1430. The van der Waals surface area contributed by atoms with Crippen LogP contribution in [0.2, 0.25) is 0 Å². The molecule has 5 rings (SSSR count). The molecule has 0 atom stereocenters. The molecule has 1 aliphatic rings. The number of nitrogens with zero attached hydrogens (tertiary/aromatic N) is 1. The molecule has 9 nitrogen and oxygen atoms in total. The minimum atomic E-state index is -3.91. The first-order valence-electron chi connectivity index (χ1n) is 10.3. The summed E-state index contributed by atoms with van der Waals surface area (Å²) in [5.41, 5.74) is 1.95. The van der Waals surface area contributed by atoms with E-state index in [1.54, 1.807) is 54.7 Å². The van der Waals surface area contributed by atoms with Gasteiger partial charge in [-0.05, 0) is 54.6 Å². The molecule has 0 radical (unpaired) electrons. The molecule has 2 N–H and O–H groups in total. The minimum Gasteiger partial charge on any atom is -0.486 e. The second kappa shape index (κ2) is 8.91. The normalized spacial score (nSPS) is 12.7. The molecule has 0 saturated carbocycles. The van der Waals surface area contributed by atoms with Crippen molar-refractivity contribution < 1.29 is 27.1 Å². The van der Waals surface area contributed by atoms with Crippen LogP contribution in [0.25, 0.3) is 11.3 Å². The summed E-state index contributed by atoms with van der Waals surface area (Å²) in [7, 11) is -3.91. The first kappa shape index (κ1) is 21.5. The van der Waals surface area contributed by atoms with Gasteiger partial charge in [-0.15, -0.1) is 0 Å².